The van der Waals surface area contributed by atoms with Gasteiger partial charge in [-0.1, -0.05) is 12.1 Å². The summed E-state index contributed by atoms with van der Waals surface area (Å²) in [5.74, 6) is -2.14. The number of carbonyl (C=O) groups is 1. The van der Waals surface area contributed by atoms with Crippen LogP contribution in [0.2, 0.25) is 0 Å². The average molecular weight is 328 g/mol. The third-order valence-corrected chi connectivity index (χ3v) is 3.60. The van der Waals surface area contributed by atoms with Crippen LogP contribution in [-0.2, 0) is 4.74 Å². The van der Waals surface area contributed by atoms with E-state index in [4.69, 9.17) is 9.47 Å². The van der Waals surface area contributed by atoms with E-state index in [0.717, 1.165) is 0 Å². The number of piperidine rings is 1. The molecule has 0 radical (unpaired) electrons. The maximum Gasteiger partial charge on any atom is 0.321 e. The molecule has 0 atom stereocenters. The van der Waals surface area contributed by atoms with E-state index >= 15 is 0 Å². The molecule has 1 saturated heterocycles. The van der Waals surface area contributed by atoms with Crippen molar-refractivity contribution in [1.29, 1.82) is 0 Å². The van der Waals surface area contributed by atoms with Crippen LogP contribution in [0.15, 0.2) is 24.3 Å². The van der Waals surface area contributed by atoms with Gasteiger partial charge in [0.15, 0.2) is 0 Å². The maximum absolute atomic E-state index is 13.1. The lowest BCUT2D eigenvalue weighted by Crippen LogP contribution is -2.44. The first-order chi connectivity index (χ1) is 11.0. The molecule has 0 unspecified atom stereocenters. The monoisotopic (exact) mass is 328 g/mol. The van der Waals surface area contributed by atoms with Crippen LogP contribution < -0.4 is 10.1 Å². The zero-order valence-corrected chi connectivity index (χ0v) is 13.2. The molecule has 0 spiro atoms. The summed E-state index contributed by atoms with van der Waals surface area (Å²) in [5.41, 5.74) is 0.520. The van der Waals surface area contributed by atoms with E-state index in [1.54, 1.807) is 24.3 Å². The van der Waals surface area contributed by atoms with Gasteiger partial charge in [-0.05, 0) is 19.1 Å². The largest absolute Gasteiger partial charge is 0.489 e. The van der Waals surface area contributed by atoms with Gasteiger partial charge >= 0.3 is 6.03 Å². The number of ether oxygens (including phenoxy) is 2. The summed E-state index contributed by atoms with van der Waals surface area (Å²) in [4.78, 5) is 13.6. The molecule has 1 aromatic rings. The van der Waals surface area contributed by atoms with E-state index in [1.807, 2.05) is 6.92 Å². The zero-order valence-electron chi connectivity index (χ0n) is 13.2. The summed E-state index contributed by atoms with van der Waals surface area (Å²) in [6.07, 6.45) is -0.597. The van der Waals surface area contributed by atoms with Gasteiger partial charge in [-0.3, -0.25) is 0 Å². The first-order valence-electron chi connectivity index (χ1n) is 7.75. The molecule has 0 saturated carbocycles. The third kappa shape index (κ3) is 5.35. The summed E-state index contributed by atoms with van der Waals surface area (Å²) in [7, 11) is 0. The SMILES string of the molecule is CCOCCOc1ccccc1NC(=O)N1CCC(F)(F)CC1. The predicted octanol–water partition coefficient (Wildman–Crippen LogP) is 3.36. The van der Waals surface area contributed by atoms with Crippen LogP contribution in [0.3, 0.4) is 0 Å². The van der Waals surface area contributed by atoms with E-state index in [1.165, 1.54) is 4.90 Å². The second-order valence-corrected chi connectivity index (χ2v) is 5.31. The number of alkyl halides is 2. The molecule has 1 N–H and O–H groups in total. The van der Waals surface area contributed by atoms with Gasteiger partial charge in [0, 0.05) is 32.5 Å². The van der Waals surface area contributed by atoms with Crippen molar-refractivity contribution in [3.8, 4) is 5.75 Å². The van der Waals surface area contributed by atoms with Crippen molar-refractivity contribution in [2.75, 3.05) is 38.2 Å². The summed E-state index contributed by atoms with van der Waals surface area (Å²) < 4.78 is 37.1. The van der Waals surface area contributed by atoms with E-state index in [2.05, 4.69) is 5.32 Å². The summed E-state index contributed by atoms with van der Waals surface area (Å²) in [5, 5.41) is 2.72. The molecule has 0 aliphatic carbocycles. The van der Waals surface area contributed by atoms with Gasteiger partial charge in [-0.25, -0.2) is 13.6 Å². The number of nitrogens with zero attached hydrogens (tertiary/aromatic N) is 1. The molecule has 1 aliphatic heterocycles. The first kappa shape index (κ1) is 17.5. The van der Waals surface area contributed by atoms with Gasteiger partial charge in [-0.2, -0.15) is 0 Å². The van der Waals surface area contributed by atoms with Crippen LogP contribution in [0, 0.1) is 0 Å². The van der Waals surface area contributed by atoms with Crippen molar-refractivity contribution in [2.45, 2.75) is 25.7 Å². The zero-order chi connectivity index (χ0) is 16.7. The minimum Gasteiger partial charge on any atom is -0.489 e. The van der Waals surface area contributed by atoms with E-state index < -0.39 is 5.92 Å². The van der Waals surface area contributed by atoms with Crippen molar-refractivity contribution in [2.24, 2.45) is 0 Å². The molecule has 2 amide bonds. The Kier molecular flexibility index (Phi) is 6.15. The molecule has 128 valence electrons. The van der Waals surface area contributed by atoms with Crippen molar-refractivity contribution >= 4 is 11.7 Å². The van der Waals surface area contributed by atoms with Crippen molar-refractivity contribution in [3.63, 3.8) is 0 Å². The van der Waals surface area contributed by atoms with E-state index in [-0.39, 0.29) is 32.0 Å². The number of amides is 2. The Balaban J connectivity index is 1.90. The number of para-hydroxylation sites is 2. The highest BCUT2D eigenvalue weighted by Gasteiger charge is 2.35. The smallest absolute Gasteiger partial charge is 0.321 e. The van der Waals surface area contributed by atoms with Crippen LogP contribution in [0.1, 0.15) is 19.8 Å². The normalized spacial score (nSPS) is 16.9. The van der Waals surface area contributed by atoms with Crippen LogP contribution in [0.5, 0.6) is 5.75 Å². The van der Waals surface area contributed by atoms with Crippen molar-refractivity contribution in [3.05, 3.63) is 24.3 Å². The highest BCUT2D eigenvalue weighted by molar-refractivity contribution is 5.91. The van der Waals surface area contributed by atoms with Crippen LogP contribution in [0.4, 0.5) is 19.3 Å². The van der Waals surface area contributed by atoms with Crippen LogP contribution in [-0.4, -0.2) is 49.8 Å². The lowest BCUT2D eigenvalue weighted by atomic mass is 10.1. The number of anilines is 1. The maximum atomic E-state index is 13.1. The van der Waals surface area contributed by atoms with E-state index in [9.17, 15) is 13.6 Å². The fourth-order valence-corrected chi connectivity index (χ4v) is 2.28. The Morgan fingerprint density at radius 3 is 2.65 bits per heavy atom. The molecular weight excluding hydrogens is 306 g/mol. The molecule has 0 aromatic heterocycles. The van der Waals surface area contributed by atoms with E-state index in [0.29, 0.717) is 31.3 Å². The molecule has 1 aliphatic rings. The number of carbonyl (C=O) groups excluding carboxylic acids is 1. The molecular formula is C16H22F2N2O3. The molecule has 23 heavy (non-hydrogen) atoms. The molecule has 0 bridgehead atoms. The molecule has 7 heteroatoms. The lowest BCUT2D eigenvalue weighted by Gasteiger charge is -2.31. The van der Waals surface area contributed by atoms with Gasteiger partial charge < -0.3 is 19.7 Å². The summed E-state index contributed by atoms with van der Waals surface area (Å²) >= 11 is 0. The van der Waals surface area contributed by atoms with Crippen molar-refractivity contribution in [1.82, 2.24) is 4.90 Å². The van der Waals surface area contributed by atoms with Gasteiger partial charge in [0.25, 0.3) is 5.92 Å². The summed E-state index contributed by atoms with van der Waals surface area (Å²) in [6, 6.07) is 6.64. The number of nitrogens with one attached hydrogen (secondary N) is 1. The summed E-state index contributed by atoms with van der Waals surface area (Å²) in [6.45, 7) is 3.44. The predicted molar refractivity (Wildman–Crippen MR) is 83.2 cm³/mol. The van der Waals surface area contributed by atoms with Gasteiger partial charge in [0.1, 0.15) is 12.4 Å². The fourth-order valence-electron chi connectivity index (χ4n) is 2.28. The first-order valence-corrected chi connectivity index (χ1v) is 7.75. The second-order valence-electron chi connectivity index (χ2n) is 5.31. The fraction of sp³-hybridized carbons (Fsp3) is 0.562. The molecule has 1 heterocycles. The number of hydrogen-bond acceptors (Lipinski definition) is 3. The lowest BCUT2D eigenvalue weighted by molar-refractivity contribution is -0.0461. The number of halogens is 2. The average Bonchev–Trinajstić information content (AvgIpc) is 2.53. The van der Waals surface area contributed by atoms with Crippen LogP contribution >= 0.6 is 0 Å². The Morgan fingerprint density at radius 2 is 1.96 bits per heavy atom. The molecule has 1 fully saturated rings. The minimum absolute atomic E-state index is 0.0478. The third-order valence-electron chi connectivity index (χ3n) is 3.60. The number of hydrogen-bond donors (Lipinski definition) is 1. The highest BCUT2D eigenvalue weighted by atomic mass is 19.3. The Labute approximate surface area is 134 Å². The number of benzene rings is 1. The standard InChI is InChI=1S/C16H22F2N2O3/c1-2-22-11-12-23-14-6-4-3-5-13(14)19-15(21)20-9-7-16(17,18)8-10-20/h3-6H,2,7-12H2,1H3,(H,19,21). The van der Waals surface area contributed by atoms with Gasteiger partial charge in [-0.15, -0.1) is 0 Å². The Morgan fingerprint density at radius 1 is 1.26 bits per heavy atom. The number of rotatable bonds is 6. The van der Waals surface area contributed by atoms with Crippen LogP contribution in [0.25, 0.3) is 0 Å². The number of likely N-dealkylation sites (tertiary alicyclic amines) is 1. The quantitative estimate of drug-likeness (QED) is 0.815. The second kappa shape index (κ2) is 8.10. The van der Waals surface area contributed by atoms with Gasteiger partial charge in [0.2, 0.25) is 0 Å². The minimum atomic E-state index is -2.67. The highest BCUT2D eigenvalue weighted by Crippen LogP contribution is 2.29. The number of urea groups is 1. The topological polar surface area (TPSA) is 50.8 Å². The van der Waals surface area contributed by atoms with Crippen molar-refractivity contribution < 1.29 is 23.0 Å². The van der Waals surface area contributed by atoms with Gasteiger partial charge in [0.05, 0.1) is 12.3 Å². The molecule has 2 rings (SSSR count). The molecule has 1 aromatic carbocycles. The Bertz CT molecular complexity index is 516. The Hall–Kier alpha value is -1.89. The molecule has 5 nitrogen and oxygen atoms in total.